The van der Waals surface area contributed by atoms with Gasteiger partial charge >= 0.3 is 0 Å². The van der Waals surface area contributed by atoms with E-state index in [1.54, 1.807) is 6.08 Å². The lowest BCUT2D eigenvalue weighted by Gasteiger charge is -2.29. The van der Waals surface area contributed by atoms with Crippen molar-refractivity contribution in [1.82, 2.24) is 5.32 Å². The fourth-order valence-electron chi connectivity index (χ4n) is 7.56. The fourth-order valence-corrected chi connectivity index (χ4v) is 8.28. The second kappa shape index (κ2) is 46.3. The molecule has 374 valence electrons. The number of phosphoric acid groups is 1. The van der Waals surface area contributed by atoms with Crippen molar-refractivity contribution in [3.05, 3.63) is 60.8 Å². The summed E-state index contributed by atoms with van der Waals surface area (Å²) in [6.45, 7) is 4.42. The predicted molar refractivity (Wildman–Crippen MR) is 274 cm³/mol. The topological polar surface area (TPSA) is 108 Å². The van der Waals surface area contributed by atoms with Crippen molar-refractivity contribution in [1.29, 1.82) is 0 Å². The van der Waals surface area contributed by atoms with Gasteiger partial charge in [-0.1, -0.05) is 229 Å². The molecule has 3 atom stereocenters. The summed E-state index contributed by atoms with van der Waals surface area (Å²) < 4.78 is 23.0. The van der Waals surface area contributed by atoms with Crippen LogP contribution in [0.1, 0.15) is 232 Å². The monoisotopic (exact) mass is 919 g/mol. The van der Waals surface area contributed by atoms with Crippen molar-refractivity contribution in [2.75, 3.05) is 40.9 Å². The lowest BCUT2D eigenvalue weighted by atomic mass is 10.0. The molecule has 0 saturated carbocycles. The smallest absolute Gasteiger partial charge is 0.268 e. The second-order valence-corrected chi connectivity index (χ2v) is 20.6. The highest BCUT2D eigenvalue weighted by molar-refractivity contribution is 7.45. The number of likely N-dealkylation sites (N-methyl/N-ethyl adjacent to an activating group) is 1. The molecule has 0 aliphatic heterocycles. The maximum atomic E-state index is 12.8. The molecule has 0 aromatic rings. The minimum atomic E-state index is -4.57. The van der Waals surface area contributed by atoms with Crippen LogP contribution in [0.4, 0.5) is 0 Å². The van der Waals surface area contributed by atoms with Crippen molar-refractivity contribution in [2.24, 2.45) is 0 Å². The summed E-state index contributed by atoms with van der Waals surface area (Å²) in [5.74, 6) is -0.203. The molecule has 8 nitrogen and oxygen atoms in total. The highest BCUT2D eigenvalue weighted by Crippen LogP contribution is 2.38. The van der Waals surface area contributed by atoms with Crippen LogP contribution in [0.25, 0.3) is 0 Å². The first-order valence-electron chi connectivity index (χ1n) is 26.7. The van der Waals surface area contributed by atoms with Crippen molar-refractivity contribution < 1.29 is 32.9 Å². The van der Waals surface area contributed by atoms with E-state index in [-0.39, 0.29) is 19.1 Å². The molecule has 0 saturated heterocycles. The van der Waals surface area contributed by atoms with Crippen molar-refractivity contribution >= 4 is 13.7 Å². The van der Waals surface area contributed by atoms with E-state index in [4.69, 9.17) is 9.05 Å². The van der Waals surface area contributed by atoms with Gasteiger partial charge in [0.15, 0.2) is 0 Å². The van der Waals surface area contributed by atoms with Crippen LogP contribution < -0.4 is 10.2 Å². The Morgan fingerprint density at radius 2 is 0.953 bits per heavy atom. The molecule has 64 heavy (non-hydrogen) atoms. The summed E-state index contributed by atoms with van der Waals surface area (Å²) in [6.07, 6.45) is 62.3. The molecule has 0 aromatic carbocycles. The van der Waals surface area contributed by atoms with Crippen LogP contribution in [0.3, 0.4) is 0 Å². The molecular formula is C55H103N2O6P. The number of allylic oxidation sites excluding steroid dienone is 9. The Kier molecular flexibility index (Phi) is 45.0. The molecule has 0 bridgehead atoms. The molecule has 0 aromatic heterocycles. The van der Waals surface area contributed by atoms with Crippen LogP contribution >= 0.6 is 7.82 Å². The zero-order valence-electron chi connectivity index (χ0n) is 42.5. The Morgan fingerprint density at radius 3 is 1.39 bits per heavy atom. The summed E-state index contributed by atoms with van der Waals surface area (Å²) in [4.78, 5) is 25.1. The second-order valence-electron chi connectivity index (χ2n) is 19.2. The first-order chi connectivity index (χ1) is 31.0. The third kappa shape index (κ3) is 48.1. The van der Waals surface area contributed by atoms with Gasteiger partial charge in [-0.05, 0) is 57.8 Å². The predicted octanol–water partition coefficient (Wildman–Crippen LogP) is 15.1. The number of rotatable bonds is 48. The van der Waals surface area contributed by atoms with Gasteiger partial charge in [-0.25, -0.2) is 0 Å². The standard InChI is InChI=1S/C55H103N2O6P/c1-6-8-10-12-13-14-15-16-17-18-19-20-21-22-23-24-25-26-27-28-29-30-31-32-33-34-35-36-37-38-39-40-41-42-43-45-47-49-55(59)56-53(54(58)48-46-44-11-9-7-2)52-63-64(60,61)62-51-50-57(3,4)5/h8,10,13-14,16-17,19-20,46,48,53-54,58H,6-7,9,11-12,15,18,21-45,47,49-52H2,1-5H3,(H-,56,59,60,61)/b10-8-,14-13-,17-16-,20-19-,48-46+. The maximum absolute atomic E-state index is 12.8. The lowest BCUT2D eigenvalue weighted by Crippen LogP contribution is -2.45. The number of quaternary nitrogens is 1. The summed E-state index contributed by atoms with van der Waals surface area (Å²) >= 11 is 0. The zero-order chi connectivity index (χ0) is 47.1. The third-order valence-electron chi connectivity index (χ3n) is 11.7. The molecule has 0 spiro atoms. The number of hydrogen-bond acceptors (Lipinski definition) is 6. The molecule has 1 amide bonds. The Bertz CT molecular complexity index is 1230. The molecule has 0 aliphatic carbocycles. The minimum Gasteiger partial charge on any atom is -0.756 e. The molecular weight excluding hydrogens is 816 g/mol. The van der Waals surface area contributed by atoms with Crippen molar-refractivity contribution in [2.45, 2.75) is 244 Å². The van der Waals surface area contributed by atoms with E-state index in [1.807, 2.05) is 27.2 Å². The number of nitrogens with one attached hydrogen (secondary N) is 1. The Labute approximate surface area is 396 Å². The van der Waals surface area contributed by atoms with Crippen molar-refractivity contribution in [3.63, 3.8) is 0 Å². The third-order valence-corrected chi connectivity index (χ3v) is 12.7. The van der Waals surface area contributed by atoms with E-state index in [9.17, 15) is 19.4 Å². The number of amides is 1. The number of hydrogen-bond donors (Lipinski definition) is 2. The van der Waals surface area contributed by atoms with E-state index < -0.39 is 20.0 Å². The van der Waals surface area contributed by atoms with E-state index in [0.717, 1.165) is 70.6 Å². The highest BCUT2D eigenvalue weighted by Gasteiger charge is 2.23. The quantitative estimate of drug-likeness (QED) is 0.0272. The van der Waals surface area contributed by atoms with Crippen LogP contribution in [0, 0.1) is 0 Å². The van der Waals surface area contributed by atoms with Crippen LogP contribution in [-0.4, -0.2) is 68.5 Å². The molecule has 0 radical (unpaired) electrons. The molecule has 0 fully saturated rings. The normalized spacial score (nSPS) is 14.5. The van der Waals surface area contributed by atoms with Gasteiger partial charge in [0.05, 0.1) is 39.9 Å². The molecule has 0 heterocycles. The average Bonchev–Trinajstić information content (AvgIpc) is 3.25. The summed E-state index contributed by atoms with van der Waals surface area (Å²) in [5, 5.41) is 13.6. The molecule has 0 aliphatic rings. The van der Waals surface area contributed by atoms with Crippen LogP contribution in [0.2, 0.25) is 0 Å². The van der Waals surface area contributed by atoms with Gasteiger partial charge in [0.25, 0.3) is 7.82 Å². The average molecular weight is 919 g/mol. The van der Waals surface area contributed by atoms with Crippen LogP contribution in [-0.2, 0) is 18.4 Å². The summed E-state index contributed by atoms with van der Waals surface area (Å²) in [7, 11) is 1.26. The van der Waals surface area contributed by atoms with E-state index in [0.29, 0.717) is 17.4 Å². The van der Waals surface area contributed by atoms with E-state index >= 15 is 0 Å². The molecule has 0 rings (SSSR count). The number of phosphoric ester groups is 1. The van der Waals surface area contributed by atoms with Gasteiger partial charge in [-0.15, -0.1) is 0 Å². The fraction of sp³-hybridized carbons (Fsp3) is 0.800. The van der Waals surface area contributed by atoms with Gasteiger partial charge in [0.2, 0.25) is 5.91 Å². The van der Waals surface area contributed by atoms with Gasteiger partial charge in [0, 0.05) is 6.42 Å². The summed E-state index contributed by atoms with van der Waals surface area (Å²) in [5.41, 5.74) is 0. The number of unbranched alkanes of at least 4 members (excludes halogenated alkanes) is 27. The number of carbonyl (C=O) groups excluding carboxylic acids is 1. The van der Waals surface area contributed by atoms with Crippen LogP contribution in [0.5, 0.6) is 0 Å². The van der Waals surface area contributed by atoms with Crippen LogP contribution in [0.15, 0.2) is 60.8 Å². The largest absolute Gasteiger partial charge is 0.756 e. The Morgan fingerprint density at radius 1 is 0.562 bits per heavy atom. The number of nitrogens with zero attached hydrogens (tertiary/aromatic N) is 1. The first kappa shape index (κ1) is 62.2. The number of aliphatic hydroxyl groups excluding tert-OH is 1. The van der Waals surface area contributed by atoms with Gasteiger partial charge < -0.3 is 28.8 Å². The first-order valence-corrected chi connectivity index (χ1v) is 28.1. The SMILES string of the molecule is CC/C=C\C/C=C\C/C=C\C/C=C\CCCCCCCCCCCCCCCCCCCCCCCCCCC(=O)NC(COP(=O)([O-])OCC[N+](C)(C)C)C(O)/C=C/CCCCC. The Balaban J connectivity index is 3.72. The van der Waals surface area contributed by atoms with E-state index in [1.165, 1.54) is 141 Å². The zero-order valence-corrected chi connectivity index (χ0v) is 43.4. The van der Waals surface area contributed by atoms with Gasteiger partial charge in [0.1, 0.15) is 13.2 Å². The number of carbonyl (C=O) groups is 1. The minimum absolute atomic E-state index is 0.00160. The van der Waals surface area contributed by atoms with Gasteiger partial charge in [-0.2, -0.15) is 0 Å². The molecule has 3 unspecified atom stereocenters. The molecule has 9 heteroatoms. The lowest BCUT2D eigenvalue weighted by molar-refractivity contribution is -0.870. The van der Waals surface area contributed by atoms with Gasteiger partial charge in [-0.3, -0.25) is 9.36 Å². The van der Waals surface area contributed by atoms with Crippen molar-refractivity contribution in [3.8, 4) is 0 Å². The Hall–Kier alpha value is -1.80. The van der Waals surface area contributed by atoms with E-state index in [2.05, 4.69) is 67.8 Å². The summed E-state index contributed by atoms with van der Waals surface area (Å²) in [6, 6.07) is -0.881. The number of aliphatic hydroxyl groups is 1. The highest BCUT2D eigenvalue weighted by atomic mass is 31.2. The maximum Gasteiger partial charge on any atom is 0.268 e. The molecule has 2 N–H and O–H groups in total.